The highest BCUT2D eigenvalue weighted by atomic mass is 16.5. The van der Waals surface area contributed by atoms with Crippen LogP contribution in [-0.4, -0.2) is 43.4 Å². The van der Waals surface area contributed by atoms with Crippen molar-refractivity contribution in [3.63, 3.8) is 0 Å². The molecule has 1 aromatic carbocycles. The topological polar surface area (TPSA) is 43.7 Å². The van der Waals surface area contributed by atoms with Crippen molar-refractivity contribution in [3.8, 4) is 5.69 Å². The molecular weight excluding hydrogens is 340 g/mol. The largest absolute Gasteiger partial charge is 0.462 e. The summed E-state index contributed by atoms with van der Waals surface area (Å²) in [5.41, 5.74) is 4.82. The van der Waals surface area contributed by atoms with Crippen molar-refractivity contribution >= 4 is 11.7 Å². The minimum atomic E-state index is -0.260. The van der Waals surface area contributed by atoms with Crippen LogP contribution in [0, 0.1) is 6.92 Å². The highest BCUT2D eigenvalue weighted by Gasteiger charge is 2.26. The van der Waals surface area contributed by atoms with Gasteiger partial charge in [-0.05, 0) is 44.2 Å². The molecule has 0 bridgehead atoms. The second-order valence-electron chi connectivity index (χ2n) is 7.95. The second kappa shape index (κ2) is 7.77. The monoisotopic (exact) mass is 370 g/mol. The molecule has 0 radical (unpaired) electrons. The molecule has 2 aromatic rings. The highest BCUT2D eigenvalue weighted by Crippen LogP contribution is 2.31. The molecule has 5 heteroatoms. The number of nitrogens with zero attached hydrogens (tertiary/aromatic N) is 2. The lowest BCUT2D eigenvalue weighted by Crippen LogP contribution is -2.36. The van der Waals surface area contributed by atoms with Crippen LogP contribution in [-0.2, 0) is 14.9 Å². The van der Waals surface area contributed by atoms with Gasteiger partial charge in [-0.15, -0.1) is 0 Å². The minimum absolute atomic E-state index is 0.0988. The number of rotatable bonds is 4. The fraction of sp³-hybridized carbons (Fsp3) is 0.500. The zero-order valence-corrected chi connectivity index (χ0v) is 17.0. The maximum atomic E-state index is 12.4. The summed E-state index contributed by atoms with van der Waals surface area (Å²) in [5, 5.41) is 0. The van der Waals surface area contributed by atoms with Gasteiger partial charge >= 0.3 is 5.97 Å². The number of carbonyl (C=O) groups excluding carboxylic acids is 1. The third-order valence-corrected chi connectivity index (χ3v) is 5.00. The molecule has 0 atom stereocenters. The van der Waals surface area contributed by atoms with Crippen LogP contribution in [0.4, 0.5) is 5.69 Å². The van der Waals surface area contributed by atoms with E-state index < -0.39 is 0 Å². The molecule has 2 heterocycles. The van der Waals surface area contributed by atoms with E-state index in [9.17, 15) is 4.79 Å². The van der Waals surface area contributed by atoms with Gasteiger partial charge in [0.25, 0.3) is 0 Å². The zero-order chi connectivity index (χ0) is 19.6. The summed E-state index contributed by atoms with van der Waals surface area (Å²) < 4.78 is 12.9. The Bertz CT molecular complexity index is 794. The number of esters is 1. The van der Waals surface area contributed by atoms with Gasteiger partial charge in [-0.1, -0.05) is 20.8 Å². The maximum absolute atomic E-state index is 12.4. The van der Waals surface area contributed by atoms with Crippen molar-refractivity contribution in [1.82, 2.24) is 4.57 Å². The van der Waals surface area contributed by atoms with E-state index in [-0.39, 0.29) is 11.4 Å². The molecule has 27 heavy (non-hydrogen) atoms. The van der Waals surface area contributed by atoms with Crippen molar-refractivity contribution in [2.45, 2.75) is 40.0 Å². The first-order valence-corrected chi connectivity index (χ1v) is 9.66. The Morgan fingerprint density at radius 1 is 1.11 bits per heavy atom. The van der Waals surface area contributed by atoms with Gasteiger partial charge in [0.15, 0.2) is 0 Å². The molecule has 1 aromatic heterocycles. The fourth-order valence-corrected chi connectivity index (χ4v) is 3.54. The molecule has 0 aliphatic carbocycles. The van der Waals surface area contributed by atoms with Gasteiger partial charge in [0.2, 0.25) is 0 Å². The van der Waals surface area contributed by atoms with Crippen molar-refractivity contribution in [2.24, 2.45) is 0 Å². The molecule has 5 nitrogen and oxygen atoms in total. The summed E-state index contributed by atoms with van der Waals surface area (Å²) in [6, 6.07) is 10.5. The zero-order valence-electron chi connectivity index (χ0n) is 17.0. The molecule has 1 aliphatic heterocycles. The van der Waals surface area contributed by atoms with E-state index in [1.165, 1.54) is 5.69 Å². The lowest BCUT2D eigenvalue weighted by molar-refractivity contribution is 0.0525. The average Bonchev–Trinajstić information content (AvgIpc) is 3.00. The van der Waals surface area contributed by atoms with Gasteiger partial charge in [0, 0.05) is 41.3 Å². The van der Waals surface area contributed by atoms with Gasteiger partial charge in [-0.25, -0.2) is 4.79 Å². The molecule has 146 valence electrons. The third kappa shape index (κ3) is 4.03. The van der Waals surface area contributed by atoms with Crippen LogP contribution in [0.15, 0.2) is 30.3 Å². The van der Waals surface area contributed by atoms with Gasteiger partial charge in [0.1, 0.15) is 0 Å². The SMILES string of the molecule is CCOC(=O)c1cc(C(C)(C)C)n(-c2ccc(N3CCOCC3)cc2)c1C. The number of morpholine rings is 1. The van der Waals surface area contributed by atoms with E-state index in [1.807, 2.05) is 19.9 Å². The van der Waals surface area contributed by atoms with Crippen LogP contribution in [0.3, 0.4) is 0 Å². The molecule has 1 fully saturated rings. The Hall–Kier alpha value is -2.27. The van der Waals surface area contributed by atoms with Gasteiger partial charge < -0.3 is 18.9 Å². The Labute approximate surface area is 161 Å². The van der Waals surface area contributed by atoms with E-state index in [4.69, 9.17) is 9.47 Å². The van der Waals surface area contributed by atoms with E-state index in [2.05, 4.69) is 54.5 Å². The lowest BCUT2D eigenvalue weighted by atomic mass is 9.91. The normalized spacial score (nSPS) is 15.1. The van der Waals surface area contributed by atoms with Crippen molar-refractivity contribution < 1.29 is 14.3 Å². The second-order valence-corrected chi connectivity index (χ2v) is 7.95. The van der Waals surface area contributed by atoms with Crippen molar-refractivity contribution in [1.29, 1.82) is 0 Å². The van der Waals surface area contributed by atoms with E-state index in [0.29, 0.717) is 12.2 Å². The molecule has 3 rings (SSSR count). The Morgan fingerprint density at radius 2 is 1.70 bits per heavy atom. The molecule has 1 saturated heterocycles. The van der Waals surface area contributed by atoms with Crippen LogP contribution in [0.5, 0.6) is 0 Å². The minimum Gasteiger partial charge on any atom is -0.462 e. The molecule has 0 amide bonds. The van der Waals surface area contributed by atoms with E-state index in [0.717, 1.165) is 43.4 Å². The Kier molecular flexibility index (Phi) is 5.61. The summed E-state index contributed by atoms with van der Waals surface area (Å²) in [6.45, 7) is 14.1. The van der Waals surface area contributed by atoms with Crippen LogP contribution in [0.2, 0.25) is 0 Å². The van der Waals surface area contributed by atoms with E-state index >= 15 is 0 Å². The van der Waals surface area contributed by atoms with Crippen LogP contribution >= 0.6 is 0 Å². The number of carbonyl (C=O) groups is 1. The molecule has 1 aliphatic rings. The number of hydrogen-bond acceptors (Lipinski definition) is 4. The lowest BCUT2D eigenvalue weighted by Gasteiger charge is -2.29. The molecule has 0 spiro atoms. The fourth-order valence-electron chi connectivity index (χ4n) is 3.54. The first-order chi connectivity index (χ1) is 12.8. The number of aromatic nitrogens is 1. The summed E-state index contributed by atoms with van der Waals surface area (Å²) in [6.07, 6.45) is 0. The standard InChI is InChI=1S/C22H30N2O3/c1-6-27-21(25)19-15-20(22(3,4)5)24(16(19)2)18-9-7-17(8-10-18)23-11-13-26-14-12-23/h7-10,15H,6,11-14H2,1-5H3. The summed E-state index contributed by atoms with van der Waals surface area (Å²) in [7, 11) is 0. The highest BCUT2D eigenvalue weighted by molar-refractivity contribution is 5.91. The first kappa shape index (κ1) is 19.5. The molecule has 0 unspecified atom stereocenters. The maximum Gasteiger partial charge on any atom is 0.339 e. The predicted molar refractivity (Wildman–Crippen MR) is 108 cm³/mol. The average molecular weight is 370 g/mol. The molecule has 0 N–H and O–H groups in total. The first-order valence-electron chi connectivity index (χ1n) is 9.66. The molecular formula is C22H30N2O3. The third-order valence-electron chi connectivity index (χ3n) is 5.00. The summed E-state index contributed by atoms with van der Waals surface area (Å²) in [5.74, 6) is -0.260. The Morgan fingerprint density at radius 3 is 2.26 bits per heavy atom. The molecule has 0 saturated carbocycles. The number of anilines is 1. The summed E-state index contributed by atoms with van der Waals surface area (Å²) in [4.78, 5) is 14.7. The smallest absolute Gasteiger partial charge is 0.339 e. The number of ether oxygens (including phenoxy) is 2. The van der Waals surface area contributed by atoms with Gasteiger partial charge in [0.05, 0.1) is 25.4 Å². The van der Waals surface area contributed by atoms with Crippen LogP contribution in [0.25, 0.3) is 5.69 Å². The number of benzene rings is 1. The summed E-state index contributed by atoms with van der Waals surface area (Å²) >= 11 is 0. The quantitative estimate of drug-likeness (QED) is 0.760. The van der Waals surface area contributed by atoms with Gasteiger partial charge in [-0.3, -0.25) is 0 Å². The van der Waals surface area contributed by atoms with Crippen molar-refractivity contribution in [2.75, 3.05) is 37.8 Å². The Balaban J connectivity index is 2.00. The number of hydrogen-bond donors (Lipinski definition) is 0. The predicted octanol–water partition coefficient (Wildman–Crippen LogP) is 4.10. The van der Waals surface area contributed by atoms with E-state index in [1.54, 1.807) is 0 Å². The van der Waals surface area contributed by atoms with Gasteiger partial charge in [-0.2, -0.15) is 0 Å². The van der Waals surface area contributed by atoms with Crippen LogP contribution < -0.4 is 4.90 Å². The van der Waals surface area contributed by atoms with Crippen LogP contribution in [0.1, 0.15) is 49.4 Å². The van der Waals surface area contributed by atoms with Crippen molar-refractivity contribution in [3.05, 3.63) is 47.3 Å².